The molecular formula is C23H24N4O3. The molecular weight excluding hydrogens is 380 g/mol. The van der Waals surface area contributed by atoms with Crippen molar-refractivity contribution in [2.24, 2.45) is 0 Å². The number of para-hydroxylation sites is 2. The molecule has 2 aromatic carbocycles. The number of carbonyl (C=O) groups is 1. The van der Waals surface area contributed by atoms with Gasteiger partial charge in [-0.25, -0.2) is 14.8 Å². The quantitative estimate of drug-likeness (QED) is 0.692. The van der Waals surface area contributed by atoms with Gasteiger partial charge in [-0.2, -0.15) is 0 Å². The summed E-state index contributed by atoms with van der Waals surface area (Å²) in [5.41, 5.74) is 3.55. The zero-order chi connectivity index (χ0) is 20.9. The molecule has 2 amide bonds. The number of nitrogens with one attached hydrogen (secondary N) is 1. The topological polar surface area (TPSA) is 76.6 Å². The summed E-state index contributed by atoms with van der Waals surface area (Å²) in [5.74, 6) is 2.14. The standard InChI is InChI=1S/C23H24N4O3/c1-3-30-21-7-5-4-6-20(21)26-23(28)27-13-12-19-17(15-27)14-24-22(25-19)16-8-10-18(29-2)11-9-16/h4-11,14H,3,12-13,15H2,1-2H3,(H,26,28). The lowest BCUT2D eigenvalue weighted by Gasteiger charge is -2.28. The number of fused-ring (bicyclic) bond motifs is 1. The number of amides is 2. The van der Waals surface area contributed by atoms with Gasteiger partial charge in [-0.15, -0.1) is 0 Å². The van der Waals surface area contributed by atoms with Gasteiger partial charge in [-0.05, 0) is 43.3 Å². The lowest BCUT2D eigenvalue weighted by molar-refractivity contribution is 0.205. The minimum Gasteiger partial charge on any atom is -0.497 e. The van der Waals surface area contributed by atoms with E-state index in [-0.39, 0.29) is 6.03 Å². The molecule has 7 heteroatoms. The van der Waals surface area contributed by atoms with Gasteiger partial charge in [0.1, 0.15) is 11.5 Å². The Bertz CT molecular complexity index is 1040. The van der Waals surface area contributed by atoms with Crippen molar-refractivity contribution < 1.29 is 14.3 Å². The van der Waals surface area contributed by atoms with Crippen molar-refractivity contribution in [3.8, 4) is 22.9 Å². The zero-order valence-corrected chi connectivity index (χ0v) is 17.1. The third-order valence-electron chi connectivity index (χ3n) is 5.00. The molecule has 0 aliphatic carbocycles. The Labute approximate surface area is 175 Å². The average Bonchev–Trinajstić information content (AvgIpc) is 2.80. The summed E-state index contributed by atoms with van der Waals surface area (Å²) in [7, 11) is 1.64. The number of methoxy groups -OCH3 is 1. The maximum atomic E-state index is 12.8. The van der Waals surface area contributed by atoms with E-state index < -0.39 is 0 Å². The van der Waals surface area contributed by atoms with Crippen molar-refractivity contribution in [3.05, 3.63) is 66.0 Å². The van der Waals surface area contributed by atoms with E-state index in [0.717, 1.165) is 22.6 Å². The molecule has 3 aromatic rings. The fourth-order valence-corrected chi connectivity index (χ4v) is 3.41. The summed E-state index contributed by atoms with van der Waals surface area (Å²) in [4.78, 5) is 23.8. The van der Waals surface area contributed by atoms with Gasteiger partial charge in [0, 0.05) is 30.3 Å². The number of aromatic nitrogens is 2. The molecule has 1 aromatic heterocycles. The molecule has 4 rings (SSSR count). The van der Waals surface area contributed by atoms with Gasteiger partial charge in [0.15, 0.2) is 5.82 Å². The number of urea groups is 1. The van der Waals surface area contributed by atoms with Gasteiger partial charge in [0.25, 0.3) is 0 Å². The second kappa shape index (κ2) is 8.82. The van der Waals surface area contributed by atoms with Crippen molar-refractivity contribution in [1.82, 2.24) is 14.9 Å². The van der Waals surface area contributed by atoms with Crippen LogP contribution in [-0.4, -0.2) is 41.2 Å². The number of rotatable bonds is 5. The Kier molecular flexibility index (Phi) is 5.79. The number of benzene rings is 2. The Hall–Kier alpha value is -3.61. The van der Waals surface area contributed by atoms with Crippen LogP contribution in [0.2, 0.25) is 0 Å². The second-order valence-electron chi connectivity index (χ2n) is 6.92. The van der Waals surface area contributed by atoms with E-state index in [0.29, 0.717) is 43.4 Å². The largest absolute Gasteiger partial charge is 0.497 e. The summed E-state index contributed by atoms with van der Waals surface area (Å²) in [6.07, 6.45) is 2.50. The molecule has 154 valence electrons. The van der Waals surface area contributed by atoms with E-state index in [1.807, 2.05) is 61.7 Å². The van der Waals surface area contributed by atoms with Gasteiger partial charge in [-0.3, -0.25) is 0 Å². The molecule has 0 fully saturated rings. The molecule has 2 heterocycles. The Morgan fingerprint density at radius 2 is 1.97 bits per heavy atom. The van der Waals surface area contributed by atoms with E-state index in [1.54, 1.807) is 12.0 Å². The molecule has 0 bridgehead atoms. The van der Waals surface area contributed by atoms with Crippen LogP contribution in [0.5, 0.6) is 11.5 Å². The first kappa shape index (κ1) is 19.7. The number of ether oxygens (including phenoxy) is 2. The van der Waals surface area contributed by atoms with Crippen LogP contribution in [0.3, 0.4) is 0 Å². The predicted molar refractivity (Wildman–Crippen MR) is 115 cm³/mol. The molecule has 7 nitrogen and oxygen atoms in total. The third-order valence-corrected chi connectivity index (χ3v) is 5.00. The maximum Gasteiger partial charge on any atom is 0.322 e. The zero-order valence-electron chi connectivity index (χ0n) is 17.1. The number of hydrogen-bond donors (Lipinski definition) is 1. The van der Waals surface area contributed by atoms with E-state index >= 15 is 0 Å². The number of nitrogens with zero attached hydrogens (tertiary/aromatic N) is 3. The minimum absolute atomic E-state index is 0.160. The minimum atomic E-state index is -0.160. The first-order valence-electron chi connectivity index (χ1n) is 9.95. The van der Waals surface area contributed by atoms with Crippen LogP contribution in [0.4, 0.5) is 10.5 Å². The van der Waals surface area contributed by atoms with Crippen LogP contribution in [-0.2, 0) is 13.0 Å². The smallest absolute Gasteiger partial charge is 0.322 e. The highest BCUT2D eigenvalue weighted by atomic mass is 16.5. The fourth-order valence-electron chi connectivity index (χ4n) is 3.41. The molecule has 0 saturated heterocycles. The van der Waals surface area contributed by atoms with Crippen LogP contribution in [0, 0.1) is 0 Å². The summed E-state index contributed by atoms with van der Waals surface area (Å²) < 4.78 is 10.8. The second-order valence-corrected chi connectivity index (χ2v) is 6.92. The Morgan fingerprint density at radius 3 is 2.73 bits per heavy atom. The highest BCUT2D eigenvalue weighted by Crippen LogP contribution is 2.26. The molecule has 1 aliphatic heterocycles. The summed E-state index contributed by atoms with van der Waals surface area (Å²) in [5, 5.41) is 2.95. The number of carbonyl (C=O) groups excluding carboxylic acids is 1. The van der Waals surface area contributed by atoms with Gasteiger partial charge in [0.05, 0.1) is 31.6 Å². The molecule has 0 atom stereocenters. The highest BCUT2D eigenvalue weighted by molar-refractivity contribution is 5.91. The number of hydrogen-bond acceptors (Lipinski definition) is 5. The van der Waals surface area contributed by atoms with E-state index in [4.69, 9.17) is 14.5 Å². The first-order valence-corrected chi connectivity index (χ1v) is 9.95. The predicted octanol–water partition coefficient (Wildman–Crippen LogP) is 4.14. The van der Waals surface area contributed by atoms with Crippen molar-refractivity contribution >= 4 is 11.7 Å². The maximum absolute atomic E-state index is 12.8. The molecule has 1 aliphatic rings. The first-order chi connectivity index (χ1) is 14.7. The van der Waals surface area contributed by atoms with Crippen molar-refractivity contribution in [2.45, 2.75) is 19.9 Å². The van der Waals surface area contributed by atoms with E-state index in [1.165, 1.54) is 0 Å². The van der Waals surface area contributed by atoms with Crippen molar-refractivity contribution in [1.29, 1.82) is 0 Å². The van der Waals surface area contributed by atoms with Crippen LogP contribution in [0.1, 0.15) is 18.2 Å². The monoisotopic (exact) mass is 404 g/mol. The van der Waals surface area contributed by atoms with Crippen molar-refractivity contribution in [2.75, 3.05) is 25.6 Å². The highest BCUT2D eigenvalue weighted by Gasteiger charge is 2.23. The molecule has 30 heavy (non-hydrogen) atoms. The summed E-state index contributed by atoms with van der Waals surface area (Å²) in [6, 6.07) is 15.0. The molecule has 0 saturated carbocycles. The van der Waals surface area contributed by atoms with Gasteiger partial charge < -0.3 is 19.7 Å². The third kappa shape index (κ3) is 4.20. The van der Waals surface area contributed by atoms with Crippen LogP contribution in [0.15, 0.2) is 54.7 Å². The Balaban J connectivity index is 1.46. The summed E-state index contributed by atoms with van der Waals surface area (Å²) >= 11 is 0. The van der Waals surface area contributed by atoms with E-state index in [2.05, 4.69) is 10.3 Å². The van der Waals surface area contributed by atoms with Crippen molar-refractivity contribution in [3.63, 3.8) is 0 Å². The summed E-state index contributed by atoms with van der Waals surface area (Å²) in [6.45, 7) is 3.52. The lowest BCUT2D eigenvalue weighted by Crippen LogP contribution is -2.39. The van der Waals surface area contributed by atoms with Crippen LogP contribution in [0.25, 0.3) is 11.4 Å². The number of anilines is 1. The normalized spacial score (nSPS) is 12.8. The Morgan fingerprint density at radius 1 is 1.17 bits per heavy atom. The molecule has 0 unspecified atom stereocenters. The SMILES string of the molecule is CCOc1ccccc1NC(=O)N1CCc2nc(-c3ccc(OC)cc3)ncc2C1. The average molecular weight is 404 g/mol. The van der Waals surface area contributed by atoms with Gasteiger partial charge in [0.2, 0.25) is 0 Å². The van der Waals surface area contributed by atoms with Gasteiger partial charge in [-0.1, -0.05) is 12.1 Å². The fraction of sp³-hybridized carbons (Fsp3) is 0.261. The molecule has 0 radical (unpaired) electrons. The van der Waals surface area contributed by atoms with Crippen LogP contribution >= 0.6 is 0 Å². The lowest BCUT2D eigenvalue weighted by atomic mass is 10.1. The van der Waals surface area contributed by atoms with Gasteiger partial charge >= 0.3 is 6.03 Å². The van der Waals surface area contributed by atoms with Crippen LogP contribution < -0.4 is 14.8 Å². The molecule has 1 N–H and O–H groups in total. The molecule has 0 spiro atoms. The van der Waals surface area contributed by atoms with E-state index in [9.17, 15) is 4.79 Å².